The number of nitrogens with zero attached hydrogens (tertiary/aromatic N) is 2. The number of carbonyl (C=O) groups is 1. The largest absolute Gasteiger partial charge is 0.493 e. The predicted molar refractivity (Wildman–Crippen MR) is 100 cm³/mol. The molecule has 1 amide bonds. The van der Waals surface area contributed by atoms with E-state index in [2.05, 4.69) is 4.98 Å². The summed E-state index contributed by atoms with van der Waals surface area (Å²) in [5.74, 6) is 1.91. The number of pyridine rings is 1. The number of piperidine rings is 1. The van der Waals surface area contributed by atoms with Crippen molar-refractivity contribution in [1.82, 2.24) is 9.88 Å². The molecule has 4 rings (SSSR count). The Morgan fingerprint density at radius 1 is 1.04 bits per heavy atom. The number of benzene rings is 1. The Bertz CT molecular complexity index is 797. The molecule has 2 aromatic rings. The van der Waals surface area contributed by atoms with Crippen molar-refractivity contribution in [3.8, 4) is 17.4 Å². The Balaban J connectivity index is 1.48. The van der Waals surface area contributed by atoms with Crippen LogP contribution in [0.2, 0.25) is 0 Å². The van der Waals surface area contributed by atoms with Gasteiger partial charge in [0.15, 0.2) is 11.5 Å². The number of hydrogen-bond donors (Lipinski definition) is 0. The molecule has 2 atom stereocenters. The lowest BCUT2D eigenvalue weighted by Crippen LogP contribution is -2.49. The molecule has 2 bridgehead atoms. The summed E-state index contributed by atoms with van der Waals surface area (Å²) in [6, 6.07) is 11.4. The lowest BCUT2D eigenvalue weighted by atomic mass is 9.98. The molecule has 1 aromatic heterocycles. The molecule has 1 aromatic carbocycles. The fourth-order valence-electron chi connectivity index (χ4n) is 4.26. The van der Waals surface area contributed by atoms with E-state index in [0.717, 1.165) is 25.7 Å². The summed E-state index contributed by atoms with van der Waals surface area (Å²) < 4.78 is 16.7. The van der Waals surface area contributed by atoms with E-state index >= 15 is 0 Å². The number of amides is 1. The number of aromatic nitrogens is 1. The second kappa shape index (κ2) is 7.47. The van der Waals surface area contributed by atoms with Crippen molar-refractivity contribution in [1.29, 1.82) is 0 Å². The maximum Gasteiger partial charge on any atom is 0.254 e. The van der Waals surface area contributed by atoms with Crippen LogP contribution in [-0.2, 0) is 0 Å². The average Bonchev–Trinajstić information content (AvgIpc) is 2.98. The smallest absolute Gasteiger partial charge is 0.254 e. The van der Waals surface area contributed by atoms with Crippen LogP contribution in [0.1, 0.15) is 36.0 Å². The summed E-state index contributed by atoms with van der Waals surface area (Å²) in [4.78, 5) is 19.5. The monoisotopic (exact) mass is 368 g/mol. The van der Waals surface area contributed by atoms with Gasteiger partial charge in [-0.05, 0) is 37.1 Å². The topological polar surface area (TPSA) is 60.9 Å². The maximum atomic E-state index is 13.2. The molecule has 2 fully saturated rings. The molecule has 0 aliphatic carbocycles. The average molecular weight is 368 g/mol. The molecule has 2 aliphatic rings. The van der Waals surface area contributed by atoms with Crippen LogP contribution < -0.4 is 14.2 Å². The van der Waals surface area contributed by atoms with Gasteiger partial charge in [-0.2, -0.15) is 0 Å². The minimum atomic E-state index is 0.0553. The Morgan fingerprint density at radius 3 is 2.41 bits per heavy atom. The number of rotatable bonds is 5. The number of ether oxygens (including phenoxy) is 3. The number of fused-ring (bicyclic) bond motifs is 2. The fourth-order valence-corrected chi connectivity index (χ4v) is 4.26. The number of carbonyl (C=O) groups excluding carboxylic acids is 1. The summed E-state index contributed by atoms with van der Waals surface area (Å²) in [6.07, 6.45) is 5.56. The third kappa shape index (κ3) is 3.44. The molecule has 6 heteroatoms. The van der Waals surface area contributed by atoms with Gasteiger partial charge in [0.2, 0.25) is 5.88 Å². The quantitative estimate of drug-likeness (QED) is 0.810. The zero-order valence-corrected chi connectivity index (χ0v) is 15.6. The van der Waals surface area contributed by atoms with E-state index in [9.17, 15) is 4.79 Å². The molecule has 27 heavy (non-hydrogen) atoms. The van der Waals surface area contributed by atoms with Gasteiger partial charge in [0.1, 0.15) is 6.10 Å². The zero-order valence-electron chi connectivity index (χ0n) is 15.6. The van der Waals surface area contributed by atoms with Crippen LogP contribution >= 0.6 is 0 Å². The number of methoxy groups -OCH3 is 2. The van der Waals surface area contributed by atoms with E-state index in [0.29, 0.717) is 22.9 Å². The van der Waals surface area contributed by atoms with E-state index in [1.807, 2.05) is 23.1 Å². The minimum Gasteiger partial charge on any atom is -0.493 e. The minimum absolute atomic E-state index is 0.0553. The van der Waals surface area contributed by atoms with Crippen LogP contribution in [0.5, 0.6) is 17.4 Å². The molecular weight excluding hydrogens is 344 g/mol. The summed E-state index contributed by atoms with van der Waals surface area (Å²) in [6.45, 7) is 0. The molecule has 6 nitrogen and oxygen atoms in total. The van der Waals surface area contributed by atoms with Gasteiger partial charge in [-0.1, -0.05) is 6.07 Å². The first-order valence-electron chi connectivity index (χ1n) is 9.32. The lowest BCUT2D eigenvalue weighted by molar-refractivity contribution is 0.0347. The summed E-state index contributed by atoms with van der Waals surface area (Å²) >= 11 is 0. The van der Waals surface area contributed by atoms with Gasteiger partial charge >= 0.3 is 0 Å². The Hall–Kier alpha value is -2.76. The Labute approximate surface area is 159 Å². The summed E-state index contributed by atoms with van der Waals surface area (Å²) in [7, 11) is 3.17. The molecule has 3 heterocycles. The molecule has 142 valence electrons. The first-order valence-corrected chi connectivity index (χ1v) is 9.32. The first kappa shape index (κ1) is 17.6. The highest BCUT2D eigenvalue weighted by Gasteiger charge is 2.44. The van der Waals surface area contributed by atoms with Gasteiger partial charge in [-0.25, -0.2) is 4.98 Å². The SMILES string of the molecule is COc1ccc(C(=O)N2C3CCC2CC(Oc2ccccn2)C3)cc1OC. The van der Waals surface area contributed by atoms with Crippen molar-refractivity contribution in [2.75, 3.05) is 14.2 Å². The lowest BCUT2D eigenvalue weighted by Gasteiger charge is -2.38. The summed E-state index contributed by atoms with van der Waals surface area (Å²) in [5, 5.41) is 0. The molecule has 0 saturated carbocycles. The van der Waals surface area contributed by atoms with E-state index in [1.54, 1.807) is 38.6 Å². The van der Waals surface area contributed by atoms with E-state index in [1.165, 1.54) is 0 Å². The molecular formula is C21H24N2O4. The zero-order chi connectivity index (χ0) is 18.8. The standard InChI is InChI=1S/C21H24N2O4/c1-25-18-9-6-14(11-19(18)26-2)21(24)23-15-7-8-16(23)13-17(12-15)27-20-5-3-4-10-22-20/h3-6,9-11,15-17H,7-8,12-13H2,1-2H3. The van der Waals surface area contributed by atoms with E-state index in [4.69, 9.17) is 14.2 Å². The van der Waals surface area contributed by atoms with Gasteiger partial charge in [0, 0.05) is 42.8 Å². The van der Waals surface area contributed by atoms with Crippen LogP contribution in [0.25, 0.3) is 0 Å². The third-order valence-corrected chi connectivity index (χ3v) is 5.48. The van der Waals surface area contributed by atoms with E-state index in [-0.39, 0.29) is 24.1 Å². The molecule has 2 saturated heterocycles. The third-order valence-electron chi connectivity index (χ3n) is 5.48. The highest BCUT2D eigenvalue weighted by molar-refractivity contribution is 5.95. The van der Waals surface area contributed by atoms with Gasteiger partial charge in [0.25, 0.3) is 5.91 Å². The highest BCUT2D eigenvalue weighted by Crippen LogP contribution is 2.39. The summed E-state index contributed by atoms with van der Waals surface area (Å²) in [5.41, 5.74) is 0.633. The van der Waals surface area contributed by atoms with Gasteiger partial charge in [-0.15, -0.1) is 0 Å². The van der Waals surface area contributed by atoms with Crippen LogP contribution in [-0.4, -0.2) is 48.2 Å². The molecule has 0 radical (unpaired) electrons. The van der Waals surface area contributed by atoms with Gasteiger partial charge < -0.3 is 19.1 Å². The Morgan fingerprint density at radius 2 is 1.78 bits per heavy atom. The molecule has 2 aliphatic heterocycles. The second-order valence-electron chi connectivity index (χ2n) is 7.05. The van der Waals surface area contributed by atoms with Crippen LogP contribution in [0, 0.1) is 0 Å². The van der Waals surface area contributed by atoms with Crippen LogP contribution in [0.3, 0.4) is 0 Å². The van der Waals surface area contributed by atoms with Crippen molar-refractivity contribution in [2.24, 2.45) is 0 Å². The predicted octanol–water partition coefficient (Wildman–Crippen LogP) is 3.31. The van der Waals surface area contributed by atoms with Crippen molar-refractivity contribution in [3.63, 3.8) is 0 Å². The Kier molecular flexibility index (Phi) is 4.88. The van der Waals surface area contributed by atoms with Crippen molar-refractivity contribution >= 4 is 5.91 Å². The van der Waals surface area contributed by atoms with Crippen molar-refractivity contribution in [2.45, 2.75) is 43.9 Å². The fraction of sp³-hybridized carbons (Fsp3) is 0.429. The second-order valence-corrected chi connectivity index (χ2v) is 7.05. The van der Waals surface area contributed by atoms with Crippen molar-refractivity contribution in [3.05, 3.63) is 48.2 Å². The molecule has 2 unspecified atom stereocenters. The molecule has 0 N–H and O–H groups in total. The van der Waals surface area contributed by atoms with Crippen LogP contribution in [0.4, 0.5) is 0 Å². The van der Waals surface area contributed by atoms with Crippen molar-refractivity contribution < 1.29 is 19.0 Å². The molecule has 0 spiro atoms. The highest BCUT2D eigenvalue weighted by atomic mass is 16.5. The normalized spacial score (nSPS) is 23.8. The van der Waals surface area contributed by atoms with Gasteiger partial charge in [-0.3, -0.25) is 4.79 Å². The maximum absolute atomic E-state index is 13.2. The van der Waals surface area contributed by atoms with Gasteiger partial charge in [0.05, 0.1) is 14.2 Å². The van der Waals surface area contributed by atoms with Crippen LogP contribution in [0.15, 0.2) is 42.6 Å². The first-order chi connectivity index (χ1) is 13.2. The van der Waals surface area contributed by atoms with E-state index < -0.39 is 0 Å². The number of hydrogen-bond acceptors (Lipinski definition) is 5.